The average Bonchev–Trinajstić information content (AvgIpc) is 3.16. The third-order valence-corrected chi connectivity index (χ3v) is 5.33. The van der Waals surface area contributed by atoms with Gasteiger partial charge >= 0.3 is 0 Å². The molecule has 0 spiro atoms. The van der Waals surface area contributed by atoms with E-state index in [0.717, 1.165) is 43.6 Å². The van der Waals surface area contributed by atoms with Crippen molar-refractivity contribution in [1.82, 2.24) is 19.6 Å². The summed E-state index contributed by atoms with van der Waals surface area (Å²) in [6.07, 6.45) is 9.41. The zero-order valence-corrected chi connectivity index (χ0v) is 14.2. The van der Waals surface area contributed by atoms with Crippen LogP contribution in [0.2, 0.25) is 0 Å². The highest BCUT2D eigenvalue weighted by Gasteiger charge is 2.28. The van der Waals surface area contributed by atoms with Gasteiger partial charge in [0.15, 0.2) is 0 Å². The number of nitrogens with zero attached hydrogens (tertiary/aromatic N) is 4. The van der Waals surface area contributed by atoms with Gasteiger partial charge in [0.05, 0.1) is 5.69 Å². The monoisotopic (exact) mass is 314 g/mol. The average molecular weight is 314 g/mol. The fourth-order valence-electron chi connectivity index (χ4n) is 3.77. The summed E-state index contributed by atoms with van der Waals surface area (Å²) < 4.78 is 7.72. The number of likely N-dealkylation sites (tertiary alicyclic amines) is 1. The van der Waals surface area contributed by atoms with Crippen molar-refractivity contribution in [2.24, 2.45) is 5.92 Å². The van der Waals surface area contributed by atoms with Gasteiger partial charge in [-0.3, -0.25) is 4.90 Å². The van der Waals surface area contributed by atoms with Crippen LogP contribution >= 0.6 is 0 Å². The maximum atomic E-state index is 5.31. The van der Waals surface area contributed by atoms with E-state index >= 15 is 0 Å². The molecule has 0 N–H and O–H groups in total. The van der Waals surface area contributed by atoms with Crippen LogP contribution in [0.1, 0.15) is 54.4 Å². The molecule has 0 amide bonds. The first-order valence-electron chi connectivity index (χ1n) is 8.86. The first-order chi connectivity index (χ1) is 11.2. The van der Waals surface area contributed by atoms with Crippen molar-refractivity contribution in [3.63, 3.8) is 0 Å². The van der Waals surface area contributed by atoms with E-state index in [0.29, 0.717) is 5.92 Å². The summed E-state index contributed by atoms with van der Waals surface area (Å²) in [5.74, 6) is 3.70. The van der Waals surface area contributed by atoms with E-state index in [-0.39, 0.29) is 0 Å². The molecule has 2 aromatic rings. The van der Waals surface area contributed by atoms with E-state index in [4.69, 9.17) is 9.51 Å². The summed E-state index contributed by atoms with van der Waals surface area (Å²) in [6.45, 7) is 8.40. The summed E-state index contributed by atoms with van der Waals surface area (Å²) in [4.78, 5) is 7.23. The third kappa shape index (κ3) is 3.20. The van der Waals surface area contributed by atoms with Gasteiger partial charge < -0.3 is 9.09 Å². The minimum absolute atomic E-state index is 0.554. The molecule has 2 aromatic heterocycles. The molecule has 124 valence electrons. The number of hydrogen-bond acceptors (Lipinski definition) is 4. The lowest BCUT2D eigenvalue weighted by Crippen LogP contribution is -2.35. The Morgan fingerprint density at radius 2 is 2.13 bits per heavy atom. The van der Waals surface area contributed by atoms with Crippen LogP contribution in [0, 0.1) is 19.8 Å². The van der Waals surface area contributed by atoms with Gasteiger partial charge in [0.25, 0.3) is 0 Å². The van der Waals surface area contributed by atoms with Crippen LogP contribution in [0.5, 0.6) is 0 Å². The molecule has 1 saturated heterocycles. The quantitative estimate of drug-likeness (QED) is 0.850. The van der Waals surface area contributed by atoms with Gasteiger partial charge in [0, 0.05) is 43.5 Å². The van der Waals surface area contributed by atoms with Crippen LogP contribution in [-0.2, 0) is 13.1 Å². The molecule has 1 atom stereocenters. The van der Waals surface area contributed by atoms with Gasteiger partial charge in [-0.15, -0.1) is 0 Å². The molecule has 0 aromatic carbocycles. The predicted molar refractivity (Wildman–Crippen MR) is 88.2 cm³/mol. The summed E-state index contributed by atoms with van der Waals surface area (Å²) in [6, 6.07) is 0. The Morgan fingerprint density at radius 1 is 1.26 bits per heavy atom. The van der Waals surface area contributed by atoms with Crippen LogP contribution in [0.4, 0.5) is 0 Å². The molecule has 2 fully saturated rings. The molecular weight excluding hydrogens is 288 g/mol. The predicted octanol–water partition coefficient (Wildman–Crippen LogP) is 3.28. The van der Waals surface area contributed by atoms with E-state index in [1.165, 1.54) is 37.1 Å². The van der Waals surface area contributed by atoms with E-state index < -0.39 is 0 Å². The van der Waals surface area contributed by atoms with Crippen LogP contribution in [0.25, 0.3) is 0 Å². The minimum atomic E-state index is 0.554. The number of rotatable bonds is 5. The molecule has 2 aliphatic rings. The van der Waals surface area contributed by atoms with E-state index in [2.05, 4.69) is 20.8 Å². The molecular formula is C18H26N4O. The first-order valence-corrected chi connectivity index (χ1v) is 8.86. The molecule has 1 aliphatic carbocycles. The Hall–Kier alpha value is -1.62. The van der Waals surface area contributed by atoms with Gasteiger partial charge in [-0.2, -0.15) is 0 Å². The van der Waals surface area contributed by atoms with Gasteiger partial charge in [-0.05, 0) is 52.0 Å². The summed E-state index contributed by atoms with van der Waals surface area (Å²) in [7, 11) is 0. The highest BCUT2D eigenvalue weighted by atomic mass is 16.5. The van der Waals surface area contributed by atoms with Crippen molar-refractivity contribution in [1.29, 1.82) is 0 Å². The number of piperidine rings is 1. The second-order valence-corrected chi connectivity index (χ2v) is 7.26. The topological polar surface area (TPSA) is 47.1 Å². The van der Waals surface area contributed by atoms with Gasteiger partial charge in [-0.25, -0.2) is 4.98 Å². The molecule has 3 heterocycles. The van der Waals surface area contributed by atoms with Gasteiger partial charge in [0.1, 0.15) is 11.6 Å². The standard InChI is InChI=1S/C18H26N4O/c1-13-17(14(2)23-20-13)12-21-8-3-4-16(11-21)18-19-7-9-22(18)10-15-5-6-15/h7,9,15-16H,3-6,8,10-12H2,1-2H3/t16-/m1/s1. The molecule has 1 saturated carbocycles. The fourth-order valence-corrected chi connectivity index (χ4v) is 3.77. The molecule has 23 heavy (non-hydrogen) atoms. The van der Waals surface area contributed by atoms with Crippen molar-refractivity contribution in [2.45, 2.75) is 58.5 Å². The highest BCUT2D eigenvalue weighted by molar-refractivity contribution is 5.20. The molecule has 5 heteroatoms. The summed E-state index contributed by atoms with van der Waals surface area (Å²) in [5.41, 5.74) is 2.28. The molecule has 0 bridgehead atoms. The van der Waals surface area contributed by atoms with E-state index in [1.54, 1.807) is 0 Å². The molecule has 4 rings (SSSR count). The number of imidazole rings is 1. The minimum Gasteiger partial charge on any atom is -0.361 e. The Balaban J connectivity index is 1.45. The van der Waals surface area contributed by atoms with E-state index in [9.17, 15) is 0 Å². The number of hydrogen-bond donors (Lipinski definition) is 0. The van der Waals surface area contributed by atoms with Crippen molar-refractivity contribution in [3.8, 4) is 0 Å². The van der Waals surface area contributed by atoms with Crippen molar-refractivity contribution in [3.05, 3.63) is 35.2 Å². The molecule has 0 radical (unpaired) electrons. The van der Waals surface area contributed by atoms with Gasteiger partial charge in [-0.1, -0.05) is 5.16 Å². The van der Waals surface area contributed by atoms with Crippen molar-refractivity contribution in [2.75, 3.05) is 13.1 Å². The lowest BCUT2D eigenvalue weighted by Gasteiger charge is -2.32. The molecule has 5 nitrogen and oxygen atoms in total. The number of aromatic nitrogens is 3. The smallest absolute Gasteiger partial charge is 0.138 e. The summed E-state index contributed by atoms with van der Waals surface area (Å²) >= 11 is 0. The maximum Gasteiger partial charge on any atom is 0.138 e. The Bertz CT molecular complexity index is 651. The first kappa shape index (κ1) is 14.9. The lowest BCUT2D eigenvalue weighted by atomic mass is 9.96. The largest absolute Gasteiger partial charge is 0.361 e. The Labute approximate surface area is 137 Å². The van der Waals surface area contributed by atoms with Crippen LogP contribution in [-0.4, -0.2) is 32.7 Å². The fraction of sp³-hybridized carbons (Fsp3) is 0.667. The van der Waals surface area contributed by atoms with E-state index in [1.807, 2.05) is 20.0 Å². The second kappa shape index (κ2) is 6.11. The Kier molecular flexibility index (Phi) is 3.97. The van der Waals surface area contributed by atoms with Crippen molar-refractivity contribution < 1.29 is 4.52 Å². The lowest BCUT2D eigenvalue weighted by molar-refractivity contribution is 0.193. The zero-order valence-electron chi connectivity index (χ0n) is 14.2. The normalized spacial score (nSPS) is 22.6. The third-order valence-electron chi connectivity index (χ3n) is 5.33. The highest BCUT2D eigenvalue weighted by Crippen LogP contribution is 2.33. The summed E-state index contributed by atoms with van der Waals surface area (Å²) in [5, 5.41) is 4.09. The van der Waals surface area contributed by atoms with Gasteiger partial charge in [0.2, 0.25) is 0 Å². The Morgan fingerprint density at radius 3 is 2.87 bits per heavy atom. The SMILES string of the molecule is Cc1noc(C)c1CN1CCC[C@@H](c2nccn2CC2CC2)C1. The zero-order chi connectivity index (χ0) is 15.8. The molecule has 1 aliphatic heterocycles. The maximum absolute atomic E-state index is 5.31. The van der Waals surface area contributed by atoms with Crippen LogP contribution < -0.4 is 0 Å². The number of aryl methyl sites for hydroxylation is 2. The molecule has 0 unspecified atom stereocenters. The second-order valence-electron chi connectivity index (χ2n) is 7.26. The van der Waals surface area contributed by atoms with Crippen LogP contribution in [0.15, 0.2) is 16.9 Å². The van der Waals surface area contributed by atoms with Crippen molar-refractivity contribution >= 4 is 0 Å². The van der Waals surface area contributed by atoms with Crippen LogP contribution in [0.3, 0.4) is 0 Å².